The zero-order chi connectivity index (χ0) is 16.1. The molecular weight excluding hydrogens is 306 g/mol. The molecule has 0 spiro atoms. The number of aromatic nitrogens is 1. The molecule has 0 radical (unpaired) electrons. The number of benzene rings is 1. The van der Waals surface area contributed by atoms with Gasteiger partial charge in [0.05, 0.1) is 11.2 Å². The van der Waals surface area contributed by atoms with Crippen molar-refractivity contribution in [1.29, 1.82) is 0 Å². The summed E-state index contributed by atoms with van der Waals surface area (Å²) in [4.78, 5) is 20.8. The number of rotatable bonds is 1. The van der Waals surface area contributed by atoms with Gasteiger partial charge in [0.25, 0.3) is 5.91 Å². The zero-order valence-electron chi connectivity index (χ0n) is 13.3. The smallest absolute Gasteiger partial charge is 0.266 e. The monoisotopic (exact) mass is 325 g/mol. The number of carbonyl (C=O) groups is 1. The Morgan fingerprint density at radius 3 is 2.65 bits per heavy atom. The zero-order valence-corrected chi connectivity index (χ0v) is 14.2. The molecule has 3 heterocycles. The summed E-state index contributed by atoms with van der Waals surface area (Å²) in [5.74, 6) is 0.0555. The van der Waals surface area contributed by atoms with Crippen LogP contribution < -0.4 is 5.73 Å². The fourth-order valence-electron chi connectivity index (χ4n) is 3.38. The summed E-state index contributed by atoms with van der Waals surface area (Å²) >= 11 is 1.42. The molecular formula is C18H19N3OS. The molecule has 0 atom stereocenters. The average molecular weight is 325 g/mol. The summed E-state index contributed by atoms with van der Waals surface area (Å²) in [5, 5.41) is 2.00. The lowest BCUT2D eigenvalue weighted by molar-refractivity contribution is 0.0798. The van der Waals surface area contributed by atoms with E-state index < -0.39 is 0 Å². The summed E-state index contributed by atoms with van der Waals surface area (Å²) in [7, 11) is 0. The number of nitrogen functional groups attached to an aromatic ring is 1. The first-order valence-electron chi connectivity index (χ1n) is 7.94. The van der Waals surface area contributed by atoms with Gasteiger partial charge in [-0.2, -0.15) is 0 Å². The van der Waals surface area contributed by atoms with E-state index in [1.807, 2.05) is 4.90 Å². The Bertz CT molecular complexity index is 938. The van der Waals surface area contributed by atoms with Gasteiger partial charge in [0.15, 0.2) is 0 Å². The van der Waals surface area contributed by atoms with Gasteiger partial charge >= 0.3 is 0 Å². The van der Waals surface area contributed by atoms with Crippen molar-refractivity contribution >= 4 is 44.1 Å². The SMILES string of the molecule is Cc1cc(C)c2cc3c(N)c(C(=O)N4CCCC4)sc3nc2c1. The van der Waals surface area contributed by atoms with E-state index in [1.165, 1.54) is 22.5 Å². The Balaban J connectivity index is 1.91. The van der Waals surface area contributed by atoms with Crippen LogP contribution >= 0.6 is 11.3 Å². The number of carbonyl (C=O) groups excluding carboxylic acids is 1. The van der Waals surface area contributed by atoms with E-state index in [0.717, 1.165) is 47.1 Å². The molecule has 1 aromatic carbocycles. The maximum atomic E-state index is 12.7. The minimum Gasteiger partial charge on any atom is -0.397 e. The number of thiophene rings is 1. The summed E-state index contributed by atoms with van der Waals surface area (Å²) in [6, 6.07) is 6.31. The van der Waals surface area contributed by atoms with Crippen LogP contribution in [-0.4, -0.2) is 28.9 Å². The molecule has 1 saturated heterocycles. The van der Waals surface area contributed by atoms with E-state index in [4.69, 9.17) is 10.7 Å². The largest absolute Gasteiger partial charge is 0.397 e. The van der Waals surface area contributed by atoms with Crippen molar-refractivity contribution in [1.82, 2.24) is 9.88 Å². The van der Waals surface area contributed by atoms with Gasteiger partial charge in [-0.1, -0.05) is 6.07 Å². The predicted octanol–water partition coefficient (Wildman–Crippen LogP) is 3.88. The number of pyridine rings is 1. The standard InChI is InChI=1S/C18H19N3OS/c1-10-7-11(2)12-9-13-15(19)16(18(22)21-5-3-4-6-21)23-17(13)20-14(12)8-10/h7-9H,3-6,19H2,1-2H3. The molecule has 1 aliphatic heterocycles. The normalized spacial score (nSPS) is 15.0. The third-order valence-electron chi connectivity index (χ3n) is 4.57. The highest BCUT2D eigenvalue weighted by Crippen LogP contribution is 2.36. The number of anilines is 1. The Labute approximate surface area is 138 Å². The third-order valence-corrected chi connectivity index (χ3v) is 5.67. The van der Waals surface area contributed by atoms with Crippen LogP contribution in [0.3, 0.4) is 0 Å². The fourth-order valence-corrected chi connectivity index (χ4v) is 4.43. The summed E-state index contributed by atoms with van der Waals surface area (Å²) in [6.07, 6.45) is 2.16. The predicted molar refractivity (Wildman–Crippen MR) is 96.1 cm³/mol. The number of fused-ring (bicyclic) bond motifs is 2. The first kappa shape index (κ1) is 14.5. The second kappa shape index (κ2) is 5.20. The van der Waals surface area contributed by atoms with Crippen LogP contribution in [0.2, 0.25) is 0 Å². The van der Waals surface area contributed by atoms with Gasteiger partial charge in [-0.3, -0.25) is 4.79 Å². The van der Waals surface area contributed by atoms with Crippen LogP contribution in [0.15, 0.2) is 18.2 Å². The van der Waals surface area contributed by atoms with Crippen molar-refractivity contribution in [3.8, 4) is 0 Å². The number of hydrogen-bond acceptors (Lipinski definition) is 4. The Kier molecular flexibility index (Phi) is 3.27. The first-order chi connectivity index (χ1) is 11.0. The van der Waals surface area contributed by atoms with Crippen molar-refractivity contribution in [3.63, 3.8) is 0 Å². The van der Waals surface area contributed by atoms with Gasteiger partial charge < -0.3 is 10.6 Å². The second-order valence-electron chi connectivity index (χ2n) is 6.33. The molecule has 1 fully saturated rings. The molecule has 1 amide bonds. The highest BCUT2D eigenvalue weighted by Gasteiger charge is 2.25. The minimum absolute atomic E-state index is 0.0555. The van der Waals surface area contributed by atoms with E-state index in [9.17, 15) is 4.79 Å². The Morgan fingerprint density at radius 2 is 1.91 bits per heavy atom. The molecule has 0 aliphatic carbocycles. The molecule has 0 unspecified atom stereocenters. The van der Waals surface area contributed by atoms with Gasteiger partial charge in [-0.05, 0) is 49.9 Å². The molecule has 0 bridgehead atoms. The van der Waals surface area contributed by atoms with Crippen LogP contribution in [0.25, 0.3) is 21.1 Å². The molecule has 23 heavy (non-hydrogen) atoms. The third kappa shape index (κ3) is 2.27. The average Bonchev–Trinajstić information content (AvgIpc) is 3.14. The lowest BCUT2D eigenvalue weighted by Gasteiger charge is -2.14. The molecule has 118 valence electrons. The quantitative estimate of drug-likeness (QED) is 0.738. The van der Waals surface area contributed by atoms with Crippen LogP contribution in [-0.2, 0) is 0 Å². The van der Waals surface area contributed by atoms with Crippen molar-refractivity contribution in [2.75, 3.05) is 18.8 Å². The number of nitrogens with two attached hydrogens (primary N) is 1. The summed E-state index contributed by atoms with van der Waals surface area (Å²) in [5.41, 5.74) is 10.2. The number of hydrogen-bond donors (Lipinski definition) is 1. The van der Waals surface area contributed by atoms with E-state index in [0.29, 0.717) is 10.6 Å². The van der Waals surface area contributed by atoms with Crippen LogP contribution in [0.1, 0.15) is 33.6 Å². The van der Waals surface area contributed by atoms with Crippen LogP contribution in [0, 0.1) is 13.8 Å². The van der Waals surface area contributed by atoms with Gasteiger partial charge in [0.2, 0.25) is 0 Å². The van der Waals surface area contributed by atoms with Crippen LogP contribution in [0.5, 0.6) is 0 Å². The maximum absolute atomic E-state index is 12.7. The second-order valence-corrected chi connectivity index (χ2v) is 7.33. The first-order valence-corrected chi connectivity index (χ1v) is 8.75. The van der Waals surface area contributed by atoms with Crippen molar-refractivity contribution in [3.05, 3.63) is 34.2 Å². The van der Waals surface area contributed by atoms with Crippen molar-refractivity contribution in [2.45, 2.75) is 26.7 Å². The molecule has 3 aromatic rings. The van der Waals surface area contributed by atoms with Gasteiger partial charge in [0, 0.05) is 23.9 Å². The van der Waals surface area contributed by atoms with E-state index >= 15 is 0 Å². The molecule has 0 saturated carbocycles. The fraction of sp³-hybridized carbons (Fsp3) is 0.333. The van der Waals surface area contributed by atoms with E-state index in [2.05, 4.69) is 32.0 Å². The highest BCUT2D eigenvalue weighted by atomic mass is 32.1. The molecule has 1 aliphatic rings. The van der Waals surface area contributed by atoms with E-state index in [-0.39, 0.29) is 5.91 Å². The lowest BCUT2D eigenvalue weighted by atomic mass is 10.1. The van der Waals surface area contributed by atoms with Crippen LogP contribution in [0.4, 0.5) is 5.69 Å². The topological polar surface area (TPSA) is 59.2 Å². The summed E-state index contributed by atoms with van der Waals surface area (Å²) in [6.45, 7) is 5.82. The maximum Gasteiger partial charge on any atom is 0.266 e. The molecule has 2 N–H and O–H groups in total. The van der Waals surface area contributed by atoms with Crippen molar-refractivity contribution < 1.29 is 4.79 Å². The summed E-state index contributed by atoms with van der Waals surface area (Å²) < 4.78 is 0. The van der Waals surface area contributed by atoms with Crippen molar-refractivity contribution in [2.24, 2.45) is 0 Å². The Morgan fingerprint density at radius 1 is 1.17 bits per heavy atom. The number of amides is 1. The number of likely N-dealkylation sites (tertiary alicyclic amines) is 1. The molecule has 4 nitrogen and oxygen atoms in total. The molecule has 2 aromatic heterocycles. The van der Waals surface area contributed by atoms with Gasteiger partial charge in [-0.15, -0.1) is 11.3 Å². The minimum atomic E-state index is 0.0555. The van der Waals surface area contributed by atoms with Gasteiger partial charge in [0.1, 0.15) is 9.71 Å². The highest BCUT2D eigenvalue weighted by molar-refractivity contribution is 7.21. The Hall–Kier alpha value is -2.14. The van der Waals surface area contributed by atoms with E-state index in [1.54, 1.807) is 0 Å². The molecule has 4 rings (SSSR count). The molecule has 5 heteroatoms. The lowest BCUT2D eigenvalue weighted by Crippen LogP contribution is -2.27. The number of aryl methyl sites for hydroxylation is 2. The van der Waals surface area contributed by atoms with Gasteiger partial charge in [-0.25, -0.2) is 4.98 Å². The number of nitrogens with zero attached hydrogens (tertiary/aromatic N) is 2.